The predicted octanol–water partition coefficient (Wildman–Crippen LogP) is 1.92. The minimum absolute atomic E-state index is 0.341. The van der Waals surface area contributed by atoms with Gasteiger partial charge in [-0.25, -0.2) is 0 Å². The zero-order valence-corrected chi connectivity index (χ0v) is 12.8. The summed E-state index contributed by atoms with van der Waals surface area (Å²) in [6, 6.07) is 0.866. The summed E-state index contributed by atoms with van der Waals surface area (Å²) in [6.45, 7) is 10.6. The molecular weight excluding hydrogens is 234 g/mol. The predicted molar refractivity (Wildman–Crippen MR) is 80.1 cm³/mol. The monoisotopic (exact) mass is 265 g/mol. The van der Waals surface area contributed by atoms with E-state index >= 15 is 0 Å². The fraction of sp³-hybridized carbons (Fsp3) is 1.00. The van der Waals surface area contributed by atoms with Gasteiger partial charge in [-0.3, -0.25) is 4.90 Å². The van der Waals surface area contributed by atoms with Gasteiger partial charge in [0, 0.05) is 31.2 Å². The second-order valence-electron chi connectivity index (χ2n) is 7.61. The summed E-state index contributed by atoms with van der Waals surface area (Å²) < 4.78 is 0. The highest BCUT2D eigenvalue weighted by Crippen LogP contribution is 2.44. The minimum Gasteiger partial charge on any atom is -0.329 e. The number of rotatable bonds is 4. The molecule has 0 aromatic heterocycles. The second kappa shape index (κ2) is 5.34. The van der Waals surface area contributed by atoms with E-state index < -0.39 is 0 Å². The third-order valence-corrected chi connectivity index (χ3v) is 5.81. The molecule has 19 heavy (non-hydrogen) atoms. The van der Waals surface area contributed by atoms with Gasteiger partial charge < -0.3 is 10.6 Å². The maximum absolute atomic E-state index is 6.24. The largest absolute Gasteiger partial charge is 0.329 e. The van der Waals surface area contributed by atoms with Gasteiger partial charge in [-0.1, -0.05) is 13.8 Å². The van der Waals surface area contributed by atoms with E-state index in [1.807, 2.05) is 0 Å². The van der Waals surface area contributed by atoms with Gasteiger partial charge in [0.05, 0.1) is 0 Å². The third-order valence-electron chi connectivity index (χ3n) is 5.81. The van der Waals surface area contributed by atoms with E-state index in [2.05, 4.69) is 23.6 Å². The van der Waals surface area contributed by atoms with Crippen LogP contribution in [0.15, 0.2) is 0 Å². The van der Waals surface area contributed by atoms with Crippen molar-refractivity contribution in [2.24, 2.45) is 17.6 Å². The van der Waals surface area contributed by atoms with Crippen molar-refractivity contribution in [1.82, 2.24) is 9.80 Å². The van der Waals surface area contributed by atoms with Gasteiger partial charge in [-0.2, -0.15) is 0 Å². The van der Waals surface area contributed by atoms with E-state index in [1.54, 1.807) is 0 Å². The Morgan fingerprint density at radius 3 is 2.42 bits per heavy atom. The number of fused-ring (bicyclic) bond motifs is 2. The van der Waals surface area contributed by atoms with Crippen LogP contribution in [0.25, 0.3) is 0 Å². The zero-order valence-electron chi connectivity index (χ0n) is 12.8. The molecule has 2 N–H and O–H groups in total. The fourth-order valence-corrected chi connectivity index (χ4v) is 4.78. The highest BCUT2D eigenvalue weighted by molar-refractivity contribution is 5.05. The molecule has 0 aromatic rings. The summed E-state index contributed by atoms with van der Waals surface area (Å²) >= 11 is 0. The molecule has 2 bridgehead atoms. The molecule has 3 aliphatic rings. The lowest BCUT2D eigenvalue weighted by Gasteiger charge is -2.50. The van der Waals surface area contributed by atoms with Gasteiger partial charge in [-0.05, 0) is 57.0 Å². The molecule has 2 atom stereocenters. The molecule has 2 heterocycles. The summed E-state index contributed by atoms with van der Waals surface area (Å²) in [5.74, 6) is 1.77. The van der Waals surface area contributed by atoms with Gasteiger partial charge in [0.25, 0.3) is 0 Å². The molecule has 3 nitrogen and oxygen atoms in total. The standard InChI is InChI=1S/C16H31N3/c1-13(2)10-18-7-5-16(12-17,6-8-18)19-11-14-3-4-15(19)9-14/h13-15H,3-12,17H2,1-2H3. The Morgan fingerprint density at radius 1 is 1.21 bits per heavy atom. The van der Waals surface area contributed by atoms with Crippen molar-refractivity contribution in [3.63, 3.8) is 0 Å². The van der Waals surface area contributed by atoms with Gasteiger partial charge in [0.15, 0.2) is 0 Å². The van der Waals surface area contributed by atoms with E-state index in [4.69, 9.17) is 5.73 Å². The van der Waals surface area contributed by atoms with Gasteiger partial charge in [0.1, 0.15) is 0 Å². The Labute approximate surface area is 118 Å². The van der Waals surface area contributed by atoms with Crippen LogP contribution in [0.1, 0.15) is 46.0 Å². The number of hydrogen-bond acceptors (Lipinski definition) is 3. The Morgan fingerprint density at radius 2 is 1.95 bits per heavy atom. The first-order valence-electron chi connectivity index (χ1n) is 8.32. The van der Waals surface area contributed by atoms with Crippen molar-refractivity contribution in [3.05, 3.63) is 0 Å². The second-order valence-corrected chi connectivity index (χ2v) is 7.61. The Hall–Kier alpha value is -0.120. The van der Waals surface area contributed by atoms with E-state index in [1.165, 1.54) is 58.3 Å². The lowest BCUT2D eigenvalue weighted by atomic mass is 9.84. The van der Waals surface area contributed by atoms with Crippen LogP contribution in [-0.2, 0) is 0 Å². The quantitative estimate of drug-likeness (QED) is 0.843. The average molecular weight is 265 g/mol. The molecule has 0 radical (unpaired) electrons. The van der Waals surface area contributed by atoms with Crippen molar-refractivity contribution in [2.75, 3.05) is 32.7 Å². The van der Waals surface area contributed by atoms with Gasteiger partial charge in [0.2, 0.25) is 0 Å². The minimum atomic E-state index is 0.341. The summed E-state index contributed by atoms with van der Waals surface area (Å²) in [7, 11) is 0. The van der Waals surface area contributed by atoms with E-state index in [0.717, 1.165) is 24.4 Å². The first-order valence-corrected chi connectivity index (χ1v) is 8.32. The molecule has 3 fully saturated rings. The van der Waals surface area contributed by atoms with E-state index in [9.17, 15) is 0 Å². The highest BCUT2D eigenvalue weighted by Gasteiger charge is 2.48. The van der Waals surface area contributed by atoms with Crippen molar-refractivity contribution < 1.29 is 0 Å². The molecule has 1 saturated carbocycles. The van der Waals surface area contributed by atoms with E-state index in [0.29, 0.717) is 5.54 Å². The van der Waals surface area contributed by atoms with Crippen LogP contribution in [0.5, 0.6) is 0 Å². The summed E-state index contributed by atoms with van der Waals surface area (Å²) in [4.78, 5) is 5.47. The summed E-state index contributed by atoms with van der Waals surface area (Å²) in [5, 5.41) is 0. The molecule has 0 spiro atoms. The van der Waals surface area contributed by atoms with Crippen LogP contribution >= 0.6 is 0 Å². The SMILES string of the molecule is CC(C)CN1CCC(CN)(N2CC3CCC2C3)CC1. The molecule has 0 amide bonds. The lowest BCUT2D eigenvalue weighted by molar-refractivity contribution is 0.00361. The molecule has 2 unspecified atom stereocenters. The fourth-order valence-electron chi connectivity index (χ4n) is 4.78. The van der Waals surface area contributed by atoms with Crippen LogP contribution in [0.4, 0.5) is 0 Å². The van der Waals surface area contributed by atoms with Crippen molar-refractivity contribution in [2.45, 2.75) is 57.5 Å². The number of nitrogens with two attached hydrogens (primary N) is 1. The normalized spacial score (nSPS) is 35.4. The highest BCUT2D eigenvalue weighted by atomic mass is 15.3. The van der Waals surface area contributed by atoms with Crippen molar-refractivity contribution in [3.8, 4) is 0 Å². The zero-order chi connectivity index (χ0) is 13.5. The Kier molecular flexibility index (Phi) is 3.89. The number of nitrogens with zero attached hydrogens (tertiary/aromatic N) is 2. The molecular formula is C16H31N3. The maximum atomic E-state index is 6.24. The van der Waals surface area contributed by atoms with Crippen LogP contribution in [0.3, 0.4) is 0 Å². The number of hydrogen-bond donors (Lipinski definition) is 1. The Balaban J connectivity index is 1.62. The van der Waals surface area contributed by atoms with Crippen LogP contribution in [0, 0.1) is 11.8 Å². The topological polar surface area (TPSA) is 32.5 Å². The van der Waals surface area contributed by atoms with Crippen LogP contribution < -0.4 is 5.73 Å². The summed E-state index contributed by atoms with van der Waals surface area (Å²) in [5.41, 5.74) is 6.58. The Bertz CT molecular complexity index is 307. The number of piperidine rings is 2. The molecule has 2 saturated heterocycles. The van der Waals surface area contributed by atoms with Crippen LogP contribution in [-0.4, -0.2) is 54.1 Å². The van der Waals surface area contributed by atoms with Gasteiger partial charge in [-0.15, -0.1) is 0 Å². The lowest BCUT2D eigenvalue weighted by Crippen LogP contribution is -2.61. The first kappa shape index (κ1) is 13.8. The van der Waals surface area contributed by atoms with Crippen molar-refractivity contribution >= 4 is 0 Å². The molecule has 1 aliphatic carbocycles. The van der Waals surface area contributed by atoms with E-state index in [-0.39, 0.29) is 0 Å². The van der Waals surface area contributed by atoms with Gasteiger partial charge >= 0.3 is 0 Å². The molecule has 2 aliphatic heterocycles. The van der Waals surface area contributed by atoms with Crippen molar-refractivity contribution in [1.29, 1.82) is 0 Å². The number of likely N-dealkylation sites (tertiary alicyclic amines) is 2. The third kappa shape index (κ3) is 2.57. The van der Waals surface area contributed by atoms with Crippen LogP contribution in [0.2, 0.25) is 0 Å². The molecule has 0 aromatic carbocycles. The maximum Gasteiger partial charge on any atom is 0.0359 e. The summed E-state index contributed by atoms with van der Waals surface area (Å²) in [6.07, 6.45) is 6.94. The smallest absolute Gasteiger partial charge is 0.0359 e. The molecule has 110 valence electrons. The first-order chi connectivity index (χ1) is 9.13. The average Bonchev–Trinajstić information content (AvgIpc) is 3.02. The molecule has 3 rings (SSSR count). The molecule has 3 heteroatoms.